The standard InChI is InChI=1S/C12H11BrINS/c1-15-12(11-3-2-6-16-11)9-7-8(14)4-5-10(9)13/h2-7,12,15H,1H3. The Balaban J connectivity index is 2.44. The highest BCUT2D eigenvalue weighted by molar-refractivity contribution is 14.1. The molecule has 2 aromatic rings. The molecule has 16 heavy (non-hydrogen) atoms. The summed E-state index contributed by atoms with van der Waals surface area (Å²) < 4.78 is 2.41. The van der Waals surface area contributed by atoms with Gasteiger partial charge in [0.15, 0.2) is 0 Å². The second kappa shape index (κ2) is 5.62. The fraction of sp³-hybridized carbons (Fsp3) is 0.167. The predicted molar refractivity (Wildman–Crippen MR) is 82.1 cm³/mol. The minimum atomic E-state index is 0.268. The minimum Gasteiger partial charge on any atom is -0.309 e. The molecule has 1 aromatic carbocycles. The van der Waals surface area contributed by atoms with Gasteiger partial charge in [-0.15, -0.1) is 11.3 Å². The first-order valence-electron chi connectivity index (χ1n) is 4.88. The molecule has 0 saturated carbocycles. The summed E-state index contributed by atoms with van der Waals surface area (Å²) in [5, 5.41) is 5.48. The van der Waals surface area contributed by atoms with Gasteiger partial charge in [-0.3, -0.25) is 0 Å². The highest BCUT2D eigenvalue weighted by atomic mass is 127. The molecule has 0 fully saturated rings. The summed E-state index contributed by atoms with van der Waals surface area (Å²) in [6, 6.07) is 10.9. The SMILES string of the molecule is CNC(c1cccs1)c1cc(I)ccc1Br. The van der Waals surface area contributed by atoms with E-state index in [1.807, 2.05) is 7.05 Å². The summed E-state index contributed by atoms with van der Waals surface area (Å²) in [5.74, 6) is 0. The van der Waals surface area contributed by atoms with Gasteiger partial charge in [0.25, 0.3) is 0 Å². The molecule has 1 unspecified atom stereocenters. The lowest BCUT2D eigenvalue weighted by molar-refractivity contribution is 0.700. The normalized spacial score (nSPS) is 12.7. The van der Waals surface area contributed by atoms with Crippen LogP contribution in [0.4, 0.5) is 0 Å². The molecule has 4 heteroatoms. The van der Waals surface area contributed by atoms with E-state index in [0.29, 0.717) is 0 Å². The van der Waals surface area contributed by atoms with Crippen molar-refractivity contribution in [3.63, 3.8) is 0 Å². The summed E-state index contributed by atoms with van der Waals surface area (Å²) in [6.07, 6.45) is 0. The molecular weight excluding hydrogens is 397 g/mol. The van der Waals surface area contributed by atoms with Crippen LogP contribution in [0, 0.1) is 3.57 Å². The second-order valence-electron chi connectivity index (χ2n) is 3.40. The Kier molecular flexibility index (Phi) is 4.41. The number of hydrogen-bond acceptors (Lipinski definition) is 2. The number of halogens is 2. The first-order chi connectivity index (χ1) is 7.72. The van der Waals surface area contributed by atoms with Crippen LogP contribution in [0.5, 0.6) is 0 Å². The van der Waals surface area contributed by atoms with E-state index in [2.05, 4.69) is 79.5 Å². The molecule has 1 N–H and O–H groups in total. The molecule has 0 saturated heterocycles. The van der Waals surface area contributed by atoms with Crippen molar-refractivity contribution in [2.75, 3.05) is 7.05 Å². The summed E-state index contributed by atoms with van der Waals surface area (Å²) in [6.45, 7) is 0. The van der Waals surface area contributed by atoms with Gasteiger partial charge in [0.1, 0.15) is 0 Å². The van der Waals surface area contributed by atoms with Gasteiger partial charge in [-0.25, -0.2) is 0 Å². The molecule has 2 rings (SSSR count). The fourth-order valence-electron chi connectivity index (χ4n) is 1.64. The molecule has 84 valence electrons. The molecule has 0 radical (unpaired) electrons. The summed E-state index contributed by atoms with van der Waals surface area (Å²) in [4.78, 5) is 1.34. The number of thiophene rings is 1. The zero-order chi connectivity index (χ0) is 11.5. The highest BCUT2D eigenvalue weighted by Gasteiger charge is 2.15. The molecule has 0 aliphatic heterocycles. The Morgan fingerprint density at radius 1 is 1.38 bits per heavy atom. The summed E-state index contributed by atoms with van der Waals surface area (Å²) >= 11 is 7.74. The van der Waals surface area contributed by atoms with Gasteiger partial charge >= 0.3 is 0 Å². The smallest absolute Gasteiger partial charge is 0.0680 e. The van der Waals surface area contributed by atoms with Crippen LogP contribution in [0.25, 0.3) is 0 Å². The molecule has 0 spiro atoms. The lowest BCUT2D eigenvalue weighted by Gasteiger charge is -2.17. The monoisotopic (exact) mass is 407 g/mol. The maximum absolute atomic E-state index is 3.62. The number of nitrogens with one attached hydrogen (secondary N) is 1. The first kappa shape index (κ1) is 12.5. The van der Waals surface area contributed by atoms with Gasteiger partial charge in [0.2, 0.25) is 0 Å². The van der Waals surface area contributed by atoms with Crippen LogP contribution in [-0.4, -0.2) is 7.05 Å². The van der Waals surface area contributed by atoms with Crippen molar-refractivity contribution in [3.8, 4) is 0 Å². The molecule has 1 heterocycles. The van der Waals surface area contributed by atoms with Gasteiger partial charge in [0, 0.05) is 12.9 Å². The summed E-state index contributed by atoms with van der Waals surface area (Å²) in [5.41, 5.74) is 1.29. The van der Waals surface area contributed by atoms with E-state index in [-0.39, 0.29) is 6.04 Å². The Bertz CT molecular complexity index is 470. The Labute approximate surface area is 122 Å². The van der Waals surface area contributed by atoms with Crippen molar-refractivity contribution in [3.05, 3.63) is 54.2 Å². The third kappa shape index (κ3) is 2.67. The summed E-state index contributed by atoms with van der Waals surface area (Å²) in [7, 11) is 2.00. The van der Waals surface area contributed by atoms with Crippen LogP contribution in [0.3, 0.4) is 0 Å². The van der Waals surface area contributed by atoms with Gasteiger partial charge < -0.3 is 5.32 Å². The predicted octanol–water partition coefficient (Wildman–Crippen LogP) is 4.42. The van der Waals surface area contributed by atoms with E-state index in [1.54, 1.807) is 11.3 Å². The van der Waals surface area contributed by atoms with Crippen LogP contribution >= 0.6 is 49.9 Å². The van der Waals surface area contributed by atoms with E-state index in [9.17, 15) is 0 Å². The maximum atomic E-state index is 3.62. The average Bonchev–Trinajstić information content (AvgIpc) is 2.78. The molecule has 0 amide bonds. The van der Waals surface area contributed by atoms with E-state index >= 15 is 0 Å². The first-order valence-corrected chi connectivity index (χ1v) is 7.63. The third-order valence-corrected chi connectivity index (χ3v) is 4.72. The zero-order valence-corrected chi connectivity index (χ0v) is 13.3. The molecule has 0 aliphatic rings. The van der Waals surface area contributed by atoms with Gasteiger partial charge in [-0.2, -0.15) is 0 Å². The van der Waals surface area contributed by atoms with Crippen molar-refractivity contribution < 1.29 is 0 Å². The number of hydrogen-bond donors (Lipinski definition) is 1. The minimum absolute atomic E-state index is 0.268. The van der Waals surface area contributed by atoms with Crippen LogP contribution in [-0.2, 0) is 0 Å². The van der Waals surface area contributed by atoms with Gasteiger partial charge in [-0.05, 0) is 64.8 Å². The molecule has 1 atom stereocenters. The van der Waals surface area contributed by atoms with Crippen LogP contribution in [0.2, 0.25) is 0 Å². The quantitative estimate of drug-likeness (QED) is 0.742. The molecule has 0 bridgehead atoms. The van der Waals surface area contributed by atoms with Crippen molar-refractivity contribution in [2.45, 2.75) is 6.04 Å². The van der Waals surface area contributed by atoms with Crippen LogP contribution in [0.15, 0.2) is 40.2 Å². The fourth-order valence-corrected chi connectivity index (χ4v) is 3.49. The molecule has 1 aromatic heterocycles. The largest absolute Gasteiger partial charge is 0.309 e. The molecular formula is C12H11BrINS. The van der Waals surface area contributed by atoms with Crippen LogP contribution in [0.1, 0.15) is 16.5 Å². The van der Waals surface area contributed by atoms with Gasteiger partial charge in [-0.1, -0.05) is 22.0 Å². The average molecular weight is 408 g/mol. The number of benzene rings is 1. The lowest BCUT2D eigenvalue weighted by atomic mass is 10.1. The van der Waals surface area contributed by atoms with E-state index in [4.69, 9.17) is 0 Å². The topological polar surface area (TPSA) is 12.0 Å². The van der Waals surface area contributed by atoms with Crippen molar-refractivity contribution in [1.29, 1.82) is 0 Å². The van der Waals surface area contributed by atoms with Crippen molar-refractivity contribution >= 4 is 49.9 Å². The Hall–Kier alpha value is 0.0900. The maximum Gasteiger partial charge on any atom is 0.0680 e. The van der Waals surface area contributed by atoms with Crippen LogP contribution < -0.4 is 5.32 Å². The lowest BCUT2D eigenvalue weighted by Crippen LogP contribution is -2.17. The third-order valence-electron chi connectivity index (χ3n) is 2.39. The van der Waals surface area contributed by atoms with E-state index in [0.717, 1.165) is 4.47 Å². The Morgan fingerprint density at radius 2 is 2.19 bits per heavy atom. The van der Waals surface area contributed by atoms with Crippen molar-refractivity contribution in [2.24, 2.45) is 0 Å². The molecule has 1 nitrogen and oxygen atoms in total. The highest BCUT2D eigenvalue weighted by Crippen LogP contribution is 2.31. The zero-order valence-electron chi connectivity index (χ0n) is 8.71. The van der Waals surface area contributed by atoms with Crippen molar-refractivity contribution in [1.82, 2.24) is 5.32 Å². The van der Waals surface area contributed by atoms with Gasteiger partial charge in [0.05, 0.1) is 6.04 Å². The second-order valence-corrected chi connectivity index (χ2v) is 6.48. The number of rotatable bonds is 3. The van der Waals surface area contributed by atoms with E-state index < -0.39 is 0 Å². The molecule has 0 aliphatic carbocycles. The Morgan fingerprint density at radius 3 is 2.81 bits per heavy atom. The van der Waals surface area contributed by atoms with E-state index in [1.165, 1.54) is 14.0 Å².